The highest BCUT2D eigenvalue weighted by Crippen LogP contribution is 2.30. The third-order valence-corrected chi connectivity index (χ3v) is 5.19. The van der Waals surface area contributed by atoms with Gasteiger partial charge < -0.3 is 9.51 Å². The van der Waals surface area contributed by atoms with E-state index in [0.717, 1.165) is 0 Å². The van der Waals surface area contributed by atoms with Gasteiger partial charge in [-0.15, -0.1) is 0 Å². The average molecular weight is 409 g/mol. The molecule has 144 valence electrons. The van der Waals surface area contributed by atoms with Crippen molar-refractivity contribution < 1.29 is 26.1 Å². The van der Waals surface area contributed by atoms with Crippen LogP contribution in [0, 0.1) is 0 Å². The Labute approximate surface area is 155 Å². The molecule has 0 saturated heterocycles. The number of alkyl halides is 3. The van der Waals surface area contributed by atoms with Gasteiger partial charge in [0.15, 0.2) is 0 Å². The van der Waals surface area contributed by atoms with Gasteiger partial charge in [0.25, 0.3) is 10.0 Å². The lowest BCUT2D eigenvalue weighted by molar-refractivity contribution is -0.159. The van der Waals surface area contributed by atoms with Crippen molar-refractivity contribution in [2.24, 2.45) is 0 Å². The Morgan fingerprint density at radius 2 is 1.86 bits per heavy atom. The molecule has 0 aliphatic heterocycles. The second kappa shape index (κ2) is 6.34. The lowest BCUT2D eigenvalue weighted by Crippen LogP contribution is -2.12. The van der Waals surface area contributed by atoms with Crippen molar-refractivity contribution in [3.05, 3.63) is 54.7 Å². The lowest BCUT2D eigenvalue weighted by Gasteiger charge is -2.07. The summed E-state index contributed by atoms with van der Waals surface area (Å²) in [5.74, 6) is -1.72. The van der Waals surface area contributed by atoms with E-state index in [1.807, 2.05) is 0 Å². The van der Waals surface area contributed by atoms with Gasteiger partial charge in [-0.05, 0) is 36.4 Å². The number of halogens is 3. The summed E-state index contributed by atoms with van der Waals surface area (Å²) < 4.78 is 69.4. The first-order chi connectivity index (χ1) is 13.2. The zero-order valence-electron chi connectivity index (χ0n) is 13.7. The van der Waals surface area contributed by atoms with Crippen LogP contribution in [0.1, 0.15) is 5.89 Å². The molecule has 4 aromatic rings. The van der Waals surface area contributed by atoms with Gasteiger partial charge in [-0.25, -0.2) is 13.4 Å². The van der Waals surface area contributed by atoms with Crippen LogP contribution < -0.4 is 4.72 Å². The maximum atomic E-state index is 12.6. The van der Waals surface area contributed by atoms with E-state index in [1.54, 1.807) is 12.1 Å². The molecular formula is C16H10F3N5O3S. The summed E-state index contributed by atoms with van der Waals surface area (Å²) in [4.78, 5) is 10.1. The number of hydrogen-bond acceptors (Lipinski definition) is 6. The topological polar surface area (TPSA) is 114 Å². The van der Waals surface area contributed by atoms with Crippen LogP contribution in [0.2, 0.25) is 0 Å². The van der Waals surface area contributed by atoms with E-state index in [-0.39, 0.29) is 22.0 Å². The number of nitrogens with zero attached hydrogens (tertiary/aromatic N) is 3. The molecule has 4 rings (SSSR count). The highest BCUT2D eigenvalue weighted by atomic mass is 32.2. The van der Waals surface area contributed by atoms with Crippen molar-refractivity contribution in [3.63, 3.8) is 0 Å². The molecule has 0 atom stereocenters. The van der Waals surface area contributed by atoms with E-state index in [9.17, 15) is 21.6 Å². The van der Waals surface area contributed by atoms with E-state index in [4.69, 9.17) is 0 Å². The maximum absolute atomic E-state index is 12.6. The second-order valence-electron chi connectivity index (χ2n) is 5.66. The number of nitrogens with one attached hydrogen (secondary N) is 2. The lowest BCUT2D eigenvalue weighted by atomic mass is 10.2. The largest absolute Gasteiger partial charge is 0.471 e. The summed E-state index contributed by atoms with van der Waals surface area (Å²) in [6.07, 6.45) is -1.88. The molecule has 3 heterocycles. The highest BCUT2D eigenvalue weighted by Gasteiger charge is 2.38. The van der Waals surface area contributed by atoms with E-state index in [1.165, 1.54) is 36.7 Å². The maximum Gasteiger partial charge on any atom is 0.471 e. The molecule has 12 heteroatoms. The number of aromatic amines is 1. The molecule has 2 N–H and O–H groups in total. The van der Waals surface area contributed by atoms with Crippen LogP contribution >= 0.6 is 0 Å². The summed E-state index contributed by atoms with van der Waals surface area (Å²) in [5, 5.41) is 3.70. The van der Waals surface area contributed by atoms with Crippen LogP contribution in [-0.4, -0.2) is 28.5 Å². The zero-order chi connectivity index (χ0) is 19.9. The minimum Gasteiger partial charge on any atom is -0.345 e. The van der Waals surface area contributed by atoms with Gasteiger partial charge in [-0.1, -0.05) is 5.16 Å². The van der Waals surface area contributed by atoms with Crippen molar-refractivity contribution in [1.82, 2.24) is 20.1 Å². The van der Waals surface area contributed by atoms with E-state index in [0.29, 0.717) is 11.0 Å². The van der Waals surface area contributed by atoms with Crippen LogP contribution in [0.3, 0.4) is 0 Å². The number of rotatable bonds is 4. The zero-order valence-corrected chi connectivity index (χ0v) is 14.5. The van der Waals surface area contributed by atoms with Gasteiger partial charge in [-0.2, -0.15) is 18.2 Å². The van der Waals surface area contributed by atoms with Crippen molar-refractivity contribution in [2.75, 3.05) is 4.72 Å². The molecule has 3 aromatic heterocycles. The van der Waals surface area contributed by atoms with Crippen molar-refractivity contribution in [1.29, 1.82) is 0 Å². The molecule has 0 aliphatic rings. The Hall–Kier alpha value is -3.41. The second-order valence-corrected chi connectivity index (χ2v) is 7.31. The first kappa shape index (κ1) is 18.0. The predicted molar refractivity (Wildman–Crippen MR) is 91.6 cm³/mol. The number of benzene rings is 1. The number of H-pyrrole nitrogens is 1. The molecule has 0 radical (unpaired) electrons. The smallest absolute Gasteiger partial charge is 0.345 e. The Bertz CT molecular complexity index is 1250. The highest BCUT2D eigenvalue weighted by molar-refractivity contribution is 7.93. The summed E-state index contributed by atoms with van der Waals surface area (Å²) in [7, 11) is -3.91. The molecule has 0 fully saturated rings. The van der Waals surface area contributed by atoms with Gasteiger partial charge in [0, 0.05) is 29.0 Å². The fourth-order valence-electron chi connectivity index (χ4n) is 2.51. The first-order valence-electron chi connectivity index (χ1n) is 7.70. The molecule has 0 saturated carbocycles. The number of pyridine rings is 1. The predicted octanol–water partition coefficient (Wildman–Crippen LogP) is 3.43. The molecule has 0 spiro atoms. The van der Waals surface area contributed by atoms with Gasteiger partial charge in [0.2, 0.25) is 5.82 Å². The number of anilines is 1. The molecule has 1 aromatic carbocycles. The first-order valence-corrected chi connectivity index (χ1v) is 9.19. The number of hydrogen-bond donors (Lipinski definition) is 2. The van der Waals surface area contributed by atoms with Crippen molar-refractivity contribution in [2.45, 2.75) is 11.1 Å². The Balaban J connectivity index is 1.58. The molecule has 8 nitrogen and oxygen atoms in total. The third-order valence-electron chi connectivity index (χ3n) is 3.77. The van der Waals surface area contributed by atoms with E-state index >= 15 is 0 Å². The molecular weight excluding hydrogens is 399 g/mol. The van der Waals surface area contributed by atoms with Gasteiger partial charge >= 0.3 is 12.1 Å². The summed E-state index contributed by atoms with van der Waals surface area (Å²) in [5.41, 5.74) is 0.871. The number of sulfonamides is 1. The monoisotopic (exact) mass is 409 g/mol. The van der Waals surface area contributed by atoms with E-state index < -0.39 is 22.1 Å². The molecule has 0 amide bonds. The Morgan fingerprint density at radius 3 is 2.54 bits per heavy atom. The van der Waals surface area contributed by atoms with Crippen LogP contribution in [-0.2, 0) is 16.2 Å². The quantitative estimate of drug-likeness (QED) is 0.534. The van der Waals surface area contributed by atoms with Crippen LogP contribution in [0.25, 0.3) is 22.4 Å². The van der Waals surface area contributed by atoms with Gasteiger partial charge in [0.05, 0.1) is 0 Å². The van der Waals surface area contributed by atoms with Gasteiger partial charge in [-0.3, -0.25) is 4.72 Å². The SMILES string of the molecule is O=S(=O)(Nc1ccc(-c2noc(C(F)(F)F)n2)cc1)c1c[nH]c2ncccc12. The van der Waals surface area contributed by atoms with Gasteiger partial charge in [0.1, 0.15) is 10.5 Å². The number of fused-ring (bicyclic) bond motifs is 1. The summed E-state index contributed by atoms with van der Waals surface area (Å²) in [6.45, 7) is 0. The fourth-order valence-corrected chi connectivity index (χ4v) is 3.73. The van der Waals surface area contributed by atoms with Crippen LogP contribution in [0.5, 0.6) is 0 Å². The summed E-state index contributed by atoms with van der Waals surface area (Å²) >= 11 is 0. The molecule has 0 aliphatic carbocycles. The fraction of sp³-hybridized carbons (Fsp3) is 0.0625. The Kier molecular flexibility index (Phi) is 4.07. The molecule has 0 unspecified atom stereocenters. The minimum atomic E-state index is -4.74. The minimum absolute atomic E-state index is 0.0210. The Morgan fingerprint density at radius 1 is 1.11 bits per heavy atom. The third kappa shape index (κ3) is 3.29. The molecule has 28 heavy (non-hydrogen) atoms. The summed E-state index contributed by atoms with van der Waals surface area (Å²) in [6, 6.07) is 8.74. The van der Waals surface area contributed by atoms with E-state index in [2.05, 4.69) is 29.4 Å². The molecule has 0 bridgehead atoms. The van der Waals surface area contributed by atoms with Crippen molar-refractivity contribution >= 4 is 26.7 Å². The van der Waals surface area contributed by atoms with Crippen LogP contribution in [0.4, 0.5) is 18.9 Å². The average Bonchev–Trinajstić information content (AvgIpc) is 3.29. The number of aromatic nitrogens is 4. The van der Waals surface area contributed by atoms with Crippen molar-refractivity contribution in [3.8, 4) is 11.4 Å². The normalized spacial score (nSPS) is 12.4. The van der Waals surface area contributed by atoms with Crippen LogP contribution in [0.15, 0.2) is 58.2 Å². The standard InChI is InChI=1S/C16H10F3N5O3S/c17-16(18,19)15-22-13(23-27-15)9-3-5-10(6-4-9)24-28(25,26)12-8-21-14-11(12)2-1-7-20-14/h1-8,24H,(H,20,21).